The molecule has 0 bridgehead atoms. The van der Waals surface area contributed by atoms with Gasteiger partial charge >= 0.3 is 0 Å². The van der Waals surface area contributed by atoms with Crippen LogP contribution in [0.3, 0.4) is 0 Å². The lowest BCUT2D eigenvalue weighted by Crippen LogP contribution is -2.07. The molecule has 1 N–H and O–H groups in total. The molecular formula is C11H9BO3S. The van der Waals surface area contributed by atoms with Gasteiger partial charge in [0, 0.05) is 5.39 Å². The van der Waals surface area contributed by atoms with Gasteiger partial charge < -0.3 is 0 Å². The molecule has 0 aliphatic carbocycles. The van der Waals surface area contributed by atoms with Gasteiger partial charge in [-0.05, 0) is 17.9 Å². The number of fused-ring (bicyclic) bond motifs is 1. The second-order valence-electron chi connectivity index (χ2n) is 3.63. The van der Waals surface area contributed by atoms with Crippen molar-refractivity contribution in [2.75, 3.05) is 0 Å². The van der Waals surface area contributed by atoms with Crippen molar-refractivity contribution < 1.29 is 13.0 Å². The fraction of sp³-hybridized carbons (Fsp3) is 0.0909. The molecular weight excluding hydrogens is 223 g/mol. The minimum absolute atomic E-state index is 0.0719. The highest BCUT2D eigenvalue weighted by molar-refractivity contribution is 7.86. The molecule has 0 aliphatic rings. The van der Waals surface area contributed by atoms with Crippen LogP contribution in [0.25, 0.3) is 10.8 Å². The molecule has 0 aromatic heterocycles. The molecule has 3 nitrogen and oxygen atoms in total. The minimum atomic E-state index is -4.23. The Morgan fingerprint density at radius 2 is 1.81 bits per heavy atom. The van der Waals surface area contributed by atoms with Crippen LogP contribution in [-0.4, -0.2) is 20.8 Å². The third kappa shape index (κ3) is 1.72. The monoisotopic (exact) mass is 232 g/mol. The fourth-order valence-corrected chi connectivity index (χ4v) is 2.74. The van der Waals surface area contributed by atoms with E-state index in [1.807, 2.05) is 0 Å². The molecule has 2 aromatic rings. The summed E-state index contributed by atoms with van der Waals surface area (Å²) in [5.74, 6) is 0. The second-order valence-corrected chi connectivity index (χ2v) is 4.99. The average molecular weight is 232 g/mol. The molecule has 0 atom stereocenters. The van der Waals surface area contributed by atoms with Gasteiger partial charge in [0.2, 0.25) is 0 Å². The predicted molar refractivity (Wildman–Crippen MR) is 63.9 cm³/mol. The first-order valence-electron chi connectivity index (χ1n) is 4.66. The molecule has 0 saturated carbocycles. The van der Waals surface area contributed by atoms with Gasteiger partial charge in [0.15, 0.2) is 0 Å². The van der Waals surface area contributed by atoms with E-state index in [1.165, 1.54) is 0 Å². The van der Waals surface area contributed by atoms with E-state index >= 15 is 0 Å². The van der Waals surface area contributed by atoms with Gasteiger partial charge in [-0.3, -0.25) is 4.55 Å². The lowest BCUT2D eigenvalue weighted by molar-refractivity contribution is 0.483. The van der Waals surface area contributed by atoms with E-state index in [0.29, 0.717) is 21.8 Å². The summed E-state index contributed by atoms with van der Waals surface area (Å²) in [4.78, 5) is -0.0719. The van der Waals surface area contributed by atoms with E-state index in [1.54, 1.807) is 37.3 Å². The smallest absolute Gasteiger partial charge is 0.282 e. The van der Waals surface area contributed by atoms with Crippen molar-refractivity contribution in [3.8, 4) is 0 Å². The third-order valence-corrected chi connectivity index (χ3v) is 3.56. The average Bonchev–Trinajstić information content (AvgIpc) is 2.15. The molecule has 0 unspecified atom stereocenters. The van der Waals surface area contributed by atoms with Gasteiger partial charge in [0.25, 0.3) is 10.1 Å². The Hall–Kier alpha value is -1.33. The van der Waals surface area contributed by atoms with Crippen molar-refractivity contribution in [3.63, 3.8) is 0 Å². The van der Waals surface area contributed by atoms with Gasteiger partial charge in [-0.1, -0.05) is 35.8 Å². The number of hydrogen-bond donors (Lipinski definition) is 1. The Bertz CT molecular complexity index is 662. The van der Waals surface area contributed by atoms with Crippen LogP contribution >= 0.6 is 0 Å². The van der Waals surface area contributed by atoms with Crippen molar-refractivity contribution in [3.05, 3.63) is 35.9 Å². The lowest BCUT2D eigenvalue weighted by atomic mass is 9.90. The fourth-order valence-electron chi connectivity index (χ4n) is 1.81. The zero-order valence-corrected chi connectivity index (χ0v) is 9.45. The Labute approximate surface area is 95.3 Å². The summed E-state index contributed by atoms with van der Waals surface area (Å²) in [6.45, 7) is 1.63. The summed E-state index contributed by atoms with van der Waals surface area (Å²) in [6.07, 6.45) is 0. The van der Waals surface area contributed by atoms with Crippen LogP contribution in [0.1, 0.15) is 5.56 Å². The van der Waals surface area contributed by atoms with Crippen molar-refractivity contribution in [2.45, 2.75) is 11.8 Å². The summed E-state index contributed by atoms with van der Waals surface area (Å²) in [7, 11) is 1.51. The summed E-state index contributed by atoms with van der Waals surface area (Å²) < 4.78 is 31.8. The van der Waals surface area contributed by atoms with Crippen LogP contribution in [0.2, 0.25) is 0 Å². The molecule has 0 heterocycles. The van der Waals surface area contributed by atoms with Crippen LogP contribution in [0.4, 0.5) is 0 Å². The van der Waals surface area contributed by atoms with Gasteiger partial charge in [0.05, 0.1) is 0 Å². The molecule has 2 radical (unpaired) electrons. The third-order valence-electron chi connectivity index (χ3n) is 2.50. The van der Waals surface area contributed by atoms with E-state index in [2.05, 4.69) is 0 Å². The van der Waals surface area contributed by atoms with Crippen molar-refractivity contribution in [2.24, 2.45) is 0 Å². The molecule has 2 rings (SSSR count). The minimum Gasteiger partial charge on any atom is -0.282 e. The first kappa shape index (κ1) is 11.2. The Kier molecular flexibility index (Phi) is 2.52. The SMILES string of the molecule is [B]c1cccc2c(S(=O)(=O)O)c(C)ccc12. The molecule has 2 aromatic carbocycles. The first-order chi connectivity index (χ1) is 7.41. The van der Waals surface area contributed by atoms with E-state index in [9.17, 15) is 13.0 Å². The van der Waals surface area contributed by atoms with Crippen LogP contribution in [0, 0.1) is 6.92 Å². The molecule has 0 spiro atoms. The summed E-state index contributed by atoms with van der Waals surface area (Å²) in [5, 5.41) is 1.07. The highest BCUT2D eigenvalue weighted by Crippen LogP contribution is 2.24. The first-order valence-corrected chi connectivity index (χ1v) is 6.10. The molecule has 0 fully saturated rings. The molecule has 0 saturated heterocycles. The molecule has 80 valence electrons. The Balaban J connectivity index is 3.03. The highest BCUT2D eigenvalue weighted by Gasteiger charge is 2.17. The maximum Gasteiger partial charge on any atom is 0.295 e. The zero-order chi connectivity index (χ0) is 11.9. The van der Waals surface area contributed by atoms with E-state index in [-0.39, 0.29) is 4.90 Å². The van der Waals surface area contributed by atoms with Gasteiger partial charge in [-0.25, -0.2) is 0 Å². The van der Waals surface area contributed by atoms with Crippen LogP contribution in [0.15, 0.2) is 35.2 Å². The Morgan fingerprint density at radius 1 is 1.12 bits per heavy atom. The Morgan fingerprint density at radius 3 is 2.44 bits per heavy atom. The number of rotatable bonds is 1. The van der Waals surface area contributed by atoms with E-state index in [4.69, 9.17) is 7.85 Å². The standard InChI is InChI=1S/C11H9BO3S/c1-7-5-6-8-9(3-2-4-10(8)12)11(7)16(13,14)15/h2-6H,1H3,(H,13,14,15). The zero-order valence-electron chi connectivity index (χ0n) is 8.64. The topological polar surface area (TPSA) is 54.4 Å². The summed E-state index contributed by atoms with van der Waals surface area (Å²) in [5.41, 5.74) is 0.989. The second kappa shape index (κ2) is 3.61. The maximum absolute atomic E-state index is 11.3. The quantitative estimate of drug-likeness (QED) is 0.593. The molecule has 0 aliphatic heterocycles. The van der Waals surface area contributed by atoms with Gasteiger partial charge in [-0.2, -0.15) is 8.42 Å². The maximum atomic E-state index is 11.3. The van der Waals surface area contributed by atoms with Gasteiger partial charge in [-0.15, -0.1) is 0 Å². The molecule has 16 heavy (non-hydrogen) atoms. The summed E-state index contributed by atoms with van der Waals surface area (Å²) >= 11 is 0. The highest BCUT2D eigenvalue weighted by atomic mass is 32.2. The van der Waals surface area contributed by atoms with Crippen molar-refractivity contribution in [1.29, 1.82) is 0 Å². The largest absolute Gasteiger partial charge is 0.295 e. The predicted octanol–water partition coefficient (Wildman–Crippen LogP) is 1.19. The van der Waals surface area contributed by atoms with E-state index in [0.717, 1.165) is 0 Å². The van der Waals surface area contributed by atoms with E-state index < -0.39 is 10.1 Å². The van der Waals surface area contributed by atoms with Crippen LogP contribution in [0.5, 0.6) is 0 Å². The lowest BCUT2D eigenvalue weighted by Gasteiger charge is -2.09. The van der Waals surface area contributed by atoms with Gasteiger partial charge in [0.1, 0.15) is 12.7 Å². The van der Waals surface area contributed by atoms with Crippen molar-refractivity contribution >= 4 is 34.2 Å². The summed E-state index contributed by atoms with van der Waals surface area (Å²) in [6, 6.07) is 8.34. The molecule has 5 heteroatoms. The molecule has 0 amide bonds. The normalized spacial score (nSPS) is 11.9. The number of benzene rings is 2. The van der Waals surface area contributed by atoms with Crippen LogP contribution < -0.4 is 5.46 Å². The number of aryl methyl sites for hydroxylation is 1. The van der Waals surface area contributed by atoms with Crippen LogP contribution in [-0.2, 0) is 10.1 Å². The number of hydrogen-bond acceptors (Lipinski definition) is 2. The van der Waals surface area contributed by atoms with Crippen molar-refractivity contribution in [1.82, 2.24) is 0 Å².